The maximum Gasteiger partial charge on any atom is 0.141 e. The van der Waals surface area contributed by atoms with Crippen molar-refractivity contribution in [3.63, 3.8) is 0 Å². The molecule has 0 saturated heterocycles. The van der Waals surface area contributed by atoms with Crippen molar-refractivity contribution in [2.45, 2.75) is 6.04 Å². The van der Waals surface area contributed by atoms with E-state index >= 15 is 0 Å². The summed E-state index contributed by atoms with van der Waals surface area (Å²) in [5.74, 6) is -1.14. The molecule has 0 unspecified atom stereocenters. The molecule has 2 rings (SSSR count). The molecule has 0 aliphatic rings. The first kappa shape index (κ1) is 15.8. The predicted octanol–water partition coefficient (Wildman–Crippen LogP) is 1.09. The molecule has 110 valence electrons. The van der Waals surface area contributed by atoms with Crippen molar-refractivity contribution in [2.75, 3.05) is 12.3 Å². The van der Waals surface area contributed by atoms with Crippen molar-refractivity contribution in [1.29, 1.82) is 0 Å². The summed E-state index contributed by atoms with van der Waals surface area (Å²) in [5, 5.41) is 13.0. The van der Waals surface area contributed by atoms with Gasteiger partial charge in [-0.3, -0.25) is 0 Å². The van der Waals surface area contributed by atoms with Crippen LogP contribution in [-0.4, -0.2) is 12.5 Å². The van der Waals surface area contributed by atoms with Gasteiger partial charge in [0.05, 0.1) is 11.0 Å². The zero-order chi connectivity index (χ0) is 15.4. The summed E-state index contributed by atoms with van der Waals surface area (Å²) in [5.41, 5.74) is 8.23. The second-order valence-electron chi connectivity index (χ2n) is 4.58. The smallest absolute Gasteiger partial charge is 0.141 e. The lowest BCUT2D eigenvalue weighted by atomic mass is 9.97. The number of carbonyl (C=O) groups is 1. The Morgan fingerprint density at radius 1 is 1.29 bits per heavy atom. The van der Waals surface area contributed by atoms with E-state index in [1.807, 2.05) is 30.3 Å². The van der Waals surface area contributed by atoms with Crippen molar-refractivity contribution in [3.8, 4) is 0 Å². The number of aliphatic carboxylic acids is 1. The highest BCUT2D eigenvalue weighted by atomic mass is 79.9. The number of quaternary nitrogens is 1. The van der Waals surface area contributed by atoms with Crippen LogP contribution in [0, 0.1) is 0 Å². The number of nitrogens with two attached hydrogens (primary N) is 2. The van der Waals surface area contributed by atoms with Crippen LogP contribution < -0.4 is 16.2 Å². The summed E-state index contributed by atoms with van der Waals surface area (Å²) in [7, 11) is 0. The van der Waals surface area contributed by atoms with Crippen LogP contribution in [0.5, 0.6) is 0 Å². The maximum absolute atomic E-state index is 10.8. The molecule has 6 heteroatoms. The fraction of sp³-hybridized carbons (Fsp3) is 0.133. The Morgan fingerprint density at radius 2 is 2.00 bits per heavy atom. The minimum atomic E-state index is -1.14. The van der Waals surface area contributed by atoms with Crippen molar-refractivity contribution in [2.24, 2.45) is 0 Å². The van der Waals surface area contributed by atoms with Gasteiger partial charge in [-0.25, -0.2) is 0 Å². The predicted molar refractivity (Wildman–Crippen MR) is 83.6 cm³/mol. The van der Waals surface area contributed by atoms with Gasteiger partial charge in [0, 0.05) is 21.3 Å². The van der Waals surface area contributed by atoms with Crippen LogP contribution in [-0.2, 0) is 4.79 Å². The van der Waals surface area contributed by atoms with E-state index in [9.17, 15) is 9.90 Å². The number of carboxylic acid groups (broad SMARTS) is 1. The number of nitrogen functional groups attached to an aromatic ring is 1. The average molecular weight is 370 g/mol. The number of halogens is 2. The number of carbonyl (C=O) groups excluding carboxylic acids is 1. The first-order valence-electron chi connectivity index (χ1n) is 6.31. The zero-order valence-electron chi connectivity index (χ0n) is 11.1. The summed E-state index contributed by atoms with van der Waals surface area (Å²) in [6, 6.07) is 12.5. The number of anilines is 1. The highest BCUT2D eigenvalue weighted by Gasteiger charge is 2.22. The summed E-state index contributed by atoms with van der Waals surface area (Å²) in [4.78, 5) is 10.8. The maximum atomic E-state index is 10.8. The highest BCUT2D eigenvalue weighted by molar-refractivity contribution is 9.10. The summed E-state index contributed by atoms with van der Waals surface area (Å²) >= 11 is 9.65. The molecule has 2 aromatic rings. The Kier molecular flexibility index (Phi) is 5.22. The minimum absolute atomic E-state index is 0.179. The number of carboxylic acids is 1. The van der Waals surface area contributed by atoms with Crippen molar-refractivity contribution in [3.05, 3.63) is 63.1 Å². The Labute approximate surface area is 136 Å². The number of benzene rings is 2. The second kappa shape index (κ2) is 6.93. The molecule has 0 saturated carbocycles. The molecule has 0 amide bonds. The van der Waals surface area contributed by atoms with Crippen molar-refractivity contribution in [1.82, 2.24) is 0 Å². The quantitative estimate of drug-likeness (QED) is 0.774. The Morgan fingerprint density at radius 3 is 2.67 bits per heavy atom. The van der Waals surface area contributed by atoms with Crippen molar-refractivity contribution >= 4 is 39.2 Å². The van der Waals surface area contributed by atoms with Crippen LogP contribution in [0.15, 0.2) is 46.9 Å². The van der Waals surface area contributed by atoms with Gasteiger partial charge in [-0.05, 0) is 24.3 Å². The summed E-state index contributed by atoms with van der Waals surface area (Å²) < 4.78 is 0.866. The third kappa shape index (κ3) is 3.97. The number of rotatable bonds is 5. The van der Waals surface area contributed by atoms with E-state index in [-0.39, 0.29) is 12.6 Å². The zero-order valence-corrected chi connectivity index (χ0v) is 13.4. The van der Waals surface area contributed by atoms with Gasteiger partial charge in [-0.2, -0.15) is 0 Å². The lowest BCUT2D eigenvalue weighted by Crippen LogP contribution is -2.88. The first-order chi connectivity index (χ1) is 9.99. The fourth-order valence-corrected chi connectivity index (χ4v) is 2.81. The van der Waals surface area contributed by atoms with Gasteiger partial charge in [-0.15, -0.1) is 0 Å². The molecule has 0 aliphatic carbocycles. The van der Waals surface area contributed by atoms with Crippen molar-refractivity contribution < 1.29 is 15.2 Å². The molecule has 1 atom stereocenters. The molecule has 2 aromatic carbocycles. The molecule has 0 heterocycles. The SMILES string of the molecule is Nc1ccc(Br)cc1[C@@H]([NH2+]CC(=O)[O-])c1ccccc1Cl. The molecule has 4 N–H and O–H groups in total. The van der Waals surface area contributed by atoms with E-state index in [1.165, 1.54) is 0 Å². The summed E-state index contributed by atoms with van der Waals surface area (Å²) in [6.45, 7) is -0.179. The monoisotopic (exact) mass is 368 g/mol. The van der Waals surface area contributed by atoms with Gasteiger partial charge in [0.2, 0.25) is 0 Å². The minimum Gasteiger partial charge on any atom is -0.544 e. The second-order valence-corrected chi connectivity index (χ2v) is 5.91. The van der Waals surface area contributed by atoms with Crippen LogP contribution in [0.1, 0.15) is 17.2 Å². The summed E-state index contributed by atoms with van der Waals surface area (Å²) in [6.07, 6.45) is 0. The van der Waals surface area contributed by atoms with Gasteiger partial charge >= 0.3 is 0 Å². The molecule has 0 bridgehead atoms. The largest absolute Gasteiger partial charge is 0.544 e. The van der Waals surface area contributed by atoms with Gasteiger partial charge in [0.25, 0.3) is 0 Å². The molecule has 0 aromatic heterocycles. The van der Waals surface area contributed by atoms with Gasteiger partial charge in [0.15, 0.2) is 0 Å². The van der Waals surface area contributed by atoms with Gasteiger partial charge < -0.3 is 21.0 Å². The standard InChI is InChI=1S/C15H14BrClN2O2/c16-9-5-6-13(18)11(7-9)15(19-8-14(20)21)10-3-1-2-4-12(10)17/h1-7,15,19H,8,18H2,(H,20,21)/t15-/m0/s1. The molecule has 21 heavy (non-hydrogen) atoms. The van der Waals surface area contributed by atoms with E-state index in [1.54, 1.807) is 17.4 Å². The van der Waals surface area contributed by atoms with Crippen LogP contribution in [0.3, 0.4) is 0 Å². The van der Waals surface area contributed by atoms with Gasteiger partial charge in [-0.1, -0.05) is 45.7 Å². The van der Waals surface area contributed by atoms with Gasteiger partial charge in [0.1, 0.15) is 12.6 Å². The molecular formula is C15H14BrClN2O2. The fourth-order valence-electron chi connectivity index (χ4n) is 2.18. The van der Waals surface area contributed by atoms with Crippen LogP contribution >= 0.6 is 27.5 Å². The average Bonchev–Trinajstić information content (AvgIpc) is 2.44. The number of hydrogen-bond acceptors (Lipinski definition) is 3. The lowest BCUT2D eigenvalue weighted by Gasteiger charge is -2.20. The molecule has 0 fully saturated rings. The van der Waals surface area contributed by atoms with E-state index in [0.29, 0.717) is 10.7 Å². The molecular weight excluding hydrogens is 356 g/mol. The Hall–Kier alpha value is -1.56. The van der Waals surface area contributed by atoms with Crippen LogP contribution in [0.25, 0.3) is 0 Å². The van der Waals surface area contributed by atoms with E-state index in [0.717, 1.165) is 15.6 Å². The lowest BCUT2D eigenvalue weighted by molar-refractivity contribution is -0.682. The third-order valence-corrected chi connectivity index (χ3v) is 3.98. The number of hydrogen-bond donors (Lipinski definition) is 2. The Balaban J connectivity index is 2.48. The Bertz CT molecular complexity index is 664. The van der Waals surface area contributed by atoms with Crippen LogP contribution in [0.2, 0.25) is 5.02 Å². The van der Waals surface area contributed by atoms with E-state index < -0.39 is 5.97 Å². The molecule has 0 spiro atoms. The molecule has 0 radical (unpaired) electrons. The highest BCUT2D eigenvalue weighted by Crippen LogP contribution is 2.30. The molecule has 4 nitrogen and oxygen atoms in total. The topological polar surface area (TPSA) is 82.8 Å². The third-order valence-electron chi connectivity index (χ3n) is 3.14. The molecule has 0 aliphatic heterocycles. The van der Waals surface area contributed by atoms with Crippen LogP contribution in [0.4, 0.5) is 5.69 Å². The normalized spacial score (nSPS) is 12.1. The van der Waals surface area contributed by atoms with E-state index in [2.05, 4.69) is 15.9 Å². The first-order valence-corrected chi connectivity index (χ1v) is 7.48. The van der Waals surface area contributed by atoms with E-state index in [4.69, 9.17) is 17.3 Å².